The van der Waals surface area contributed by atoms with Crippen molar-refractivity contribution in [3.05, 3.63) is 36.5 Å². The van der Waals surface area contributed by atoms with Crippen LogP contribution in [0.5, 0.6) is 0 Å². The summed E-state index contributed by atoms with van der Waals surface area (Å²) >= 11 is 0. The first kappa shape index (κ1) is 20.2. The zero-order valence-electron chi connectivity index (χ0n) is 15.8. The number of piperidine rings is 1. The van der Waals surface area contributed by atoms with Crippen LogP contribution in [0.1, 0.15) is 39.0 Å². The smallest absolute Gasteiger partial charge is 0.282 e. The van der Waals surface area contributed by atoms with Gasteiger partial charge in [0.15, 0.2) is 0 Å². The molecule has 1 atom stereocenters. The molecule has 5 nitrogen and oxygen atoms in total. The molecule has 3 rings (SSSR count). The van der Waals surface area contributed by atoms with E-state index in [-0.39, 0.29) is 17.5 Å². The van der Waals surface area contributed by atoms with Gasteiger partial charge in [0.25, 0.3) is 5.91 Å². The van der Waals surface area contributed by atoms with Crippen molar-refractivity contribution in [3.63, 3.8) is 0 Å². The minimum atomic E-state index is -1.79. The summed E-state index contributed by atoms with van der Waals surface area (Å²) in [6.45, 7) is 10.3. The van der Waals surface area contributed by atoms with Gasteiger partial charge in [0, 0.05) is 25.7 Å². The number of carbonyl (C=O) groups excluding carboxylic acids is 1. The quantitative estimate of drug-likeness (QED) is 0.718. The van der Waals surface area contributed by atoms with Crippen LogP contribution in [-0.4, -0.2) is 64.4 Å². The van der Waals surface area contributed by atoms with E-state index >= 15 is 0 Å². The van der Waals surface area contributed by atoms with Gasteiger partial charge in [-0.1, -0.05) is 13.2 Å². The molecule has 0 radical (unpaired) electrons. The Balaban J connectivity index is 1.58. The van der Waals surface area contributed by atoms with Crippen LogP contribution >= 0.6 is 0 Å². The van der Waals surface area contributed by atoms with Crippen LogP contribution in [0.3, 0.4) is 0 Å². The third-order valence-electron chi connectivity index (χ3n) is 5.66. The number of halogens is 2. The van der Waals surface area contributed by atoms with E-state index < -0.39 is 23.0 Å². The predicted octanol–water partition coefficient (Wildman–Crippen LogP) is 2.83. The summed E-state index contributed by atoms with van der Waals surface area (Å²) in [5.41, 5.74) is -0.336. The molecule has 1 aliphatic carbocycles. The topological polar surface area (TPSA) is 53.0 Å². The van der Waals surface area contributed by atoms with E-state index in [1.807, 2.05) is 0 Å². The van der Waals surface area contributed by atoms with E-state index in [1.165, 1.54) is 6.92 Å². The number of rotatable bonds is 6. The van der Waals surface area contributed by atoms with Gasteiger partial charge < -0.3 is 19.6 Å². The number of likely N-dealkylation sites (tertiary alicyclic amines) is 1. The van der Waals surface area contributed by atoms with Crippen molar-refractivity contribution in [2.24, 2.45) is 0 Å². The molecule has 3 fully saturated rings. The Labute approximate surface area is 159 Å². The maximum Gasteiger partial charge on any atom is 0.282 e. The second kappa shape index (κ2) is 7.45. The third-order valence-corrected chi connectivity index (χ3v) is 5.66. The number of carbonyl (C=O) groups is 1. The van der Waals surface area contributed by atoms with Gasteiger partial charge in [-0.2, -0.15) is 0 Å². The predicted molar refractivity (Wildman–Crippen MR) is 98.0 cm³/mol. The summed E-state index contributed by atoms with van der Waals surface area (Å²) in [5, 5.41) is 10.5. The maximum absolute atomic E-state index is 13.4. The molecule has 0 aromatic rings. The zero-order chi connectivity index (χ0) is 19.8. The molecule has 1 spiro atoms. The van der Waals surface area contributed by atoms with E-state index in [0.717, 1.165) is 18.9 Å². The standard InChI is InChI=1S/C20H28F2N2O3/c1-14(21)12-16(15(2)22)6-9-23-10-7-20(8-11-23)13-24(17-4-5-17)18(25)19(3,26)27-20/h12,17,26H,1-2,4-11,13H2,3H3/b16-12-. The maximum atomic E-state index is 13.4. The average Bonchev–Trinajstić information content (AvgIpc) is 3.40. The van der Waals surface area contributed by atoms with Crippen LogP contribution in [0, 0.1) is 0 Å². The number of amides is 1. The third kappa shape index (κ3) is 4.65. The van der Waals surface area contributed by atoms with Crippen LogP contribution in [-0.2, 0) is 9.53 Å². The van der Waals surface area contributed by atoms with E-state index in [4.69, 9.17) is 4.74 Å². The minimum absolute atomic E-state index is 0.213. The zero-order valence-corrected chi connectivity index (χ0v) is 15.8. The molecule has 1 saturated carbocycles. The van der Waals surface area contributed by atoms with Crippen molar-refractivity contribution in [1.82, 2.24) is 9.80 Å². The molecular formula is C20H28F2N2O3. The lowest BCUT2D eigenvalue weighted by atomic mass is 9.87. The van der Waals surface area contributed by atoms with Gasteiger partial charge in [-0.25, -0.2) is 8.78 Å². The molecule has 3 aliphatic rings. The summed E-state index contributed by atoms with van der Waals surface area (Å²) in [4.78, 5) is 16.3. The molecule has 0 aromatic carbocycles. The lowest BCUT2D eigenvalue weighted by Gasteiger charge is -2.51. The van der Waals surface area contributed by atoms with Crippen molar-refractivity contribution in [2.75, 3.05) is 26.2 Å². The fourth-order valence-electron chi connectivity index (χ4n) is 4.03. The normalized spacial score (nSPS) is 29.3. The first-order chi connectivity index (χ1) is 12.6. The molecule has 1 amide bonds. The number of allylic oxidation sites excluding steroid dienone is 3. The molecule has 0 bridgehead atoms. The highest BCUT2D eigenvalue weighted by Gasteiger charge is 2.54. The average molecular weight is 382 g/mol. The van der Waals surface area contributed by atoms with Crippen molar-refractivity contribution in [1.29, 1.82) is 0 Å². The summed E-state index contributed by atoms with van der Waals surface area (Å²) in [6.07, 6.45) is 4.72. The van der Waals surface area contributed by atoms with Gasteiger partial charge in [-0.15, -0.1) is 0 Å². The molecular weight excluding hydrogens is 354 g/mol. The van der Waals surface area contributed by atoms with Crippen LogP contribution in [0.25, 0.3) is 0 Å². The van der Waals surface area contributed by atoms with Crippen LogP contribution in [0.2, 0.25) is 0 Å². The molecule has 2 aliphatic heterocycles. The van der Waals surface area contributed by atoms with E-state index in [0.29, 0.717) is 45.4 Å². The molecule has 7 heteroatoms. The molecule has 1 unspecified atom stereocenters. The number of hydrogen-bond acceptors (Lipinski definition) is 4. The molecule has 2 heterocycles. The fourth-order valence-corrected chi connectivity index (χ4v) is 4.03. The summed E-state index contributed by atoms with van der Waals surface area (Å²) < 4.78 is 32.3. The Morgan fingerprint density at radius 3 is 2.48 bits per heavy atom. The van der Waals surface area contributed by atoms with Crippen molar-refractivity contribution < 1.29 is 23.4 Å². The fraction of sp³-hybridized carbons (Fsp3) is 0.650. The number of hydrogen-bond donors (Lipinski definition) is 1. The van der Waals surface area contributed by atoms with Gasteiger partial charge in [0.05, 0.1) is 12.1 Å². The lowest BCUT2D eigenvalue weighted by molar-refractivity contribution is -0.285. The molecule has 150 valence electrons. The first-order valence-corrected chi connectivity index (χ1v) is 9.48. The Kier molecular flexibility index (Phi) is 5.57. The van der Waals surface area contributed by atoms with Crippen molar-refractivity contribution in [2.45, 2.75) is 56.5 Å². The molecule has 27 heavy (non-hydrogen) atoms. The largest absolute Gasteiger partial charge is 0.358 e. The van der Waals surface area contributed by atoms with Gasteiger partial charge >= 0.3 is 0 Å². The van der Waals surface area contributed by atoms with Crippen molar-refractivity contribution >= 4 is 5.91 Å². The molecule has 0 aromatic heterocycles. The van der Waals surface area contributed by atoms with E-state index in [1.54, 1.807) is 4.90 Å². The Morgan fingerprint density at radius 1 is 1.33 bits per heavy atom. The van der Waals surface area contributed by atoms with E-state index in [2.05, 4.69) is 18.1 Å². The van der Waals surface area contributed by atoms with Crippen LogP contribution in [0.4, 0.5) is 8.78 Å². The second-order valence-corrected chi connectivity index (χ2v) is 8.05. The highest BCUT2D eigenvalue weighted by atomic mass is 19.1. The summed E-state index contributed by atoms with van der Waals surface area (Å²) in [6, 6.07) is 0.222. The molecule has 2 saturated heterocycles. The minimum Gasteiger partial charge on any atom is -0.358 e. The van der Waals surface area contributed by atoms with E-state index in [9.17, 15) is 18.7 Å². The number of nitrogens with zero attached hydrogens (tertiary/aromatic N) is 2. The second-order valence-electron chi connectivity index (χ2n) is 8.05. The van der Waals surface area contributed by atoms with Crippen molar-refractivity contribution in [3.8, 4) is 0 Å². The highest BCUT2D eigenvalue weighted by Crippen LogP contribution is 2.40. The van der Waals surface area contributed by atoms with Crippen LogP contribution < -0.4 is 0 Å². The Hall–Kier alpha value is -1.57. The summed E-state index contributed by atoms with van der Waals surface area (Å²) in [7, 11) is 0. The van der Waals surface area contributed by atoms with Gasteiger partial charge in [-0.3, -0.25) is 4.79 Å². The van der Waals surface area contributed by atoms with Gasteiger partial charge in [-0.05, 0) is 50.7 Å². The monoisotopic (exact) mass is 382 g/mol. The SMILES string of the molecule is C=C(F)/C=C(/CCN1CCC2(CC1)CN(C1CC1)C(=O)C(C)(O)O2)C(=C)F. The van der Waals surface area contributed by atoms with Gasteiger partial charge in [0.2, 0.25) is 5.79 Å². The highest BCUT2D eigenvalue weighted by molar-refractivity contribution is 5.84. The number of morpholine rings is 1. The van der Waals surface area contributed by atoms with Gasteiger partial charge in [0.1, 0.15) is 11.7 Å². The Morgan fingerprint density at radius 2 is 1.96 bits per heavy atom. The number of aliphatic hydroxyl groups is 1. The lowest BCUT2D eigenvalue weighted by Crippen LogP contribution is -2.66. The molecule has 1 N–H and O–H groups in total. The van der Waals surface area contributed by atoms with Crippen LogP contribution in [0.15, 0.2) is 36.5 Å². The first-order valence-electron chi connectivity index (χ1n) is 9.48. The number of ether oxygens (including phenoxy) is 1. The Bertz CT molecular complexity index is 662. The summed E-state index contributed by atoms with van der Waals surface area (Å²) in [5.74, 6) is -3.47.